The highest BCUT2D eigenvalue weighted by Crippen LogP contribution is 2.12. The summed E-state index contributed by atoms with van der Waals surface area (Å²) in [7, 11) is 0. The average Bonchev–Trinajstić information content (AvgIpc) is 2.91. The number of rotatable bonds is 5. The molecule has 0 aromatic carbocycles. The van der Waals surface area contributed by atoms with Crippen LogP contribution in [-0.4, -0.2) is 28.0 Å². The van der Waals surface area contributed by atoms with Crippen molar-refractivity contribution in [2.45, 2.75) is 45.7 Å². The summed E-state index contributed by atoms with van der Waals surface area (Å²) in [4.78, 5) is 16.1. The van der Waals surface area contributed by atoms with Gasteiger partial charge in [-0.25, -0.2) is 4.98 Å². The molecule has 0 bridgehead atoms. The van der Waals surface area contributed by atoms with Gasteiger partial charge in [-0.1, -0.05) is 13.8 Å². The second kappa shape index (κ2) is 7.50. The molecule has 0 spiro atoms. The maximum absolute atomic E-state index is 11.9. The number of anilines is 1. The van der Waals surface area contributed by atoms with Crippen LogP contribution in [0.1, 0.15) is 33.1 Å². The largest absolute Gasteiger partial charge is 0.317 e. The van der Waals surface area contributed by atoms with Gasteiger partial charge in [0.25, 0.3) is 0 Å². The summed E-state index contributed by atoms with van der Waals surface area (Å²) in [6, 6.07) is 0.332. The van der Waals surface area contributed by atoms with Crippen LogP contribution in [0.3, 0.4) is 0 Å². The van der Waals surface area contributed by atoms with Crippen molar-refractivity contribution in [1.29, 1.82) is 0 Å². The van der Waals surface area contributed by atoms with Crippen molar-refractivity contribution in [2.75, 3.05) is 11.9 Å². The van der Waals surface area contributed by atoms with Crippen LogP contribution in [0.15, 0.2) is 12.4 Å². The third-order valence-electron chi connectivity index (χ3n) is 3.12. The molecule has 6 heteroatoms. The lowest BCUT2D eigenvalue weighted by molar-refractivity contribution is -0.116. The van der Waals surface area contributed by atoms with Gasteiger partial charge in [0, 0.05) is 31.4 Å². The summed E-state index contributed by atoms with van der Waals surface area (Å²) < 4.78 is 1.99. The minimum atomic E-state index is 0. The molecule has 1 fully saturated rings. The maximum atomic E-state index is 11.9. The Bertz CT molecular complexity index is 399. The number of aromatic nitrogens is 2. The smallest absolute Gasteiger partial charge is 0.228 e. The number of hydrogen-bond acceptors (Lipinski definition) is 3. The van der Waals surface area contributed by atoms with Crippen molar-refractivity contribution in [2.24, 2.45) is 5.92 Å². The van der Waals surface area contributed by atoms with Gasteiger partial charge in [0.2, 0.25) is 11.9 Å². The molecule has 1 amide bonds. The normalized spacial score (nSPS) is 18.4. The van der Waals surface area contributed by atoms with Crippen LogP contribution in [-0.2, 0) is 11.3 Å². The van der Waals surface area contributed by atoms with E-state index in [1.807, 2.05) is 10.8 Å². The molecule has 1 aromatic heterocycles. The number of nitrogens with zero attached hydrogens (tertiary/aromatic N) is 2. The minimum Gasteiger partial charge on any atom is -0.317 e. The molecule has 1 aliphatic rings. The Morgan fingerprint density at radius 1 is 1.63 bits per heavy atom. The van der Waals surface area contributed by atoms with E-state index in [2.05, 4.69) is 29.5 Å². The molecule has 1 saturated heterocycles. The Balaban J connectivity index is 0.00000180. The molecule has 19 heavy (non-hydrogen) atoms. The van der Waals surface area contributed by atoms with Gasteiger partial charge < -0.3 is 9.88 Å². The SMILES string of the molecule is CC(C)Cn1ccnc1NC(=O)CC1CCCN1.Cl. The van der Waals surface area contributed by atoms with Crippen LogP contribution in [0.4, 0.5) is 5.95 Å². The van der Waals surface area contributed by atoms with Gasteiger partial charge in [-0.15, -0.1) is 12.4 Å². The first-order valence-corrected chi connectivity index (χ1v) is 6.69. The van der Waals surface area contributed by atoms with E-state index in [0.717, 1.165) is 19.5 Å². The zero-order valence-electron chi connectivity index (χ0n) is 11.6. The van der Waals surface area contributed by atoms with Crippen molar-refractivity contribution in [1.82, 2.24) is 14.9 Å². The lowest BCUT2D eigenvalue weighted by Gasteiger charge is -2.13. The van der Waals surface area contributed by atoms with Crippen LogP contribution >= 0.6 is 12.4 Å². The van der Waals surface area contributed by atoms with Crippen LogP contribution < -0.4 is 10.6 Å². The summed E-state index contributed by atoms with van der Waals surface area (Å²) in [5, 5.41) is 6.22. The molecular weight excluding hydrogens is 264 g/mol. The van der Waals surface area contributed by atoms with Crippen LogP contribution in [0.5, 0.6) is 0 Å². The molecule has 1 aliphatic heterocycles. The number of halogens is 1. The van der Waals surface area contributed by atoms with Crippen molar-refractivity contribution < 1.29 is 4.79 Å². The van der Waals surface area contributed by atoms with Crippen molar-refractivity contribution >= 4 is 24.3 Å². The Labute approximate surface area is 120 Å². The van der Waals surface area contributed by atoms with Gasteiger partial charge in [0.1, 0.15) is 0 Å². The van der Waals surface area contributed by atoms with Gasteiger partial charge in [-0.2, -0.15) is 0 Å². The van der Waals surface area contributed by atoms with Gasteiger partial charge in [0.05, 0.1) is 0 Å². The van der Waals surface area contributed by atoms with E-state index in [9.17, 15) is 4.79 Å². The molecule has 0 aliphatic carbocycles. The number of imidazole rings is 1. The predicted octanol–water partition coefficient (Wildman–Crippen LogP) is 2.04. The monoisotopic (exact) mass is 286 g/mol. The van der Waals surface area contributed by atoms with Gasteiger partial charge in [-0.05, 0) is 25.3 Å². The topological polar surface area (TPSA) is 59.0 Å². The van der Waals surface area contributed by atoms with E-state index < -0.39 is 0 Å². The van der Waals surface area contributed by atoms with Gasteiger partial charge in [-0.3, -0.25) is 10.1 Å². The van der Waals surface area contributed by atoms with E-state index >= 15 is 0 Å². The van der Waals surface area contributed by atoms with E-state index in [4.69, 9.17) is 0 Å². The summed E-state index contributed by atoms with van der Waals surface area (Å²) in [5.74, 6) is 1.24. The maximum Gasteiger partial charge on any atom is 0.228 e. The number of carbonyl (C=O) groups is 1. The third-order valence-corrected chi connectivity index (χ3v) is 3.12. The molecule has 2 heterocycles. The van der Waals surface area contributed by atoms with Crippen LogP contribution in [0, 0.1) is 5.92 Å². The number of hydrogen-bond donors (Lipinski definition) is 2. The Morgan fingerprint density at radius 2 is 2.42 bits per heavy atom. The average molecular weight is 287 g/mol. The van der Waals surface area contributed by atoms with E-state index in [1.54, 1.807) is 6.20 Å². The molecule has 2 rings (SSSR count). The van der Waals surface area contributed by atoms with Crippen LogP contribution in [0.2, 0.25) is 0 Å². The number of amides is 1. The molecule has 1 aromatic rings. The minimum absolute atomic E-state index is 0. The lowest BCUT2D eigenvalue weighted by Crippen LogP contribution is -2.28. The summed E-state index contributed by atoms with van der Waals surface area (Å²) in [6.45, 7) is 6.19. The molecular formula is C13H23ClN4O. The fraction of sp³-hybridized carbons (Fsp3) is 0.692. The van der Waals surface area contributed by atoms with Crippen molar-refractivity contribution in [3.05, 3.63) is 12.4 Å². The molecule has 2 N–H and O–H groups in total. The van der Waals surface area contributed by atoms with Crippen molar-refractivity contribution in [3.8, 4) is 0 Å². The second-order valence-corrected chi connectivity index (χ2v) is 5.34. The molecule has 0 radical (unpaired) electrons. The Morgan fingerprint density at radius 3 is 3.05 bits per heavy atom. The fourth-order valence-electron chi connectivity index (χ4n) is 2.30. The first-order chi connectivity index (χ1) is 8.65. The van der Waals surface area contributed by atoms with E-state index in [0.29, 0.717) is 24.3 Å². The third kappa shape index (κ3) is 4.84. The van der Waals surface area contributed by atoms with Crippen molar-refractivity contribution in [3.63, 3.8) is 0 Å². The summed E-state index contributed by atoms with van der Waals surface area (Å²) >= 11 is 0. The summed E-state index contributed by atoms with van der Waals surface area (Å²) in [6.07, 6.45) is 6.43. The molecule has 108 valence electrons. The highest BCUT2D eigenvalue weighted by atomic mass is 35.5. The Hall–Kier alpha value is -1.07. The van der Waals surface area contributed by atoms with E-state index in [-0.39, 0.29) is 18.3 Å². The summed E-state index contributed by atoms with van der Waals surface area (Å²) in [5.41, 5.74) is 0. The first kappa shape index (κ1) is 16.0. The van der Waals surface area contributed by atoms with Crippen LogP contribution in [0.25, 0.3) is 0 Å². The number of nitrogens with one attached hydrogen (secondary N) is 2. The second-order valence-electron chi connectivity index (χ2n) is 5.34. The zero-order valence-corrected chi connectivity index (χ0v) is 12.4. The standard InChI is InChI=1S/C13H22N4O.ClH/c1-10(2)9-17-7-6-15-13(17)16-12(18)8-11-4-3-5-14-11;/h6-7,10-11,14H,3-5,8-9H2,1-2H3,(H,15,16,18);1H. The predicted molar refractivity (Wildman–Crippen MR) is 78.6 cm³/mol. The van der Waals surface area contributed by atoms with Gasteiger partial charge in [0.15, 0.2) is 0 Å². The molecule has 1 atom stereocenters. The first-order valence-electron chi connectivity index (χ1n) is 6.69. The highest BCUT2D eigenvalue weighted by Gasteiger charge is 2.18. The number of carbonyl (C=O) groups excluding carboxylic acids is 1. The lowest BCUT2D eigenvalue weighted by atomic mass is 10.1. The molecule has 0 saturated carbocycles. The quantitative estimate of drug-likeness (QED) is 0.871. The Kier molecular flexibility index (Phi) is 6.31. The highest BCUT2D eigenvalue weighted by molar-refractivity contribution is 5.89. The van der Waals surface area contributed by atoms with E-state index in [1.165, 1.54) is 6.42 Å². The molecule has 5 nitrogen and oxygen atoms in total. The van der Waals surface area contributed by atoms with Gasteiger partial charge >= 0.3 is 0 Å². The zero-order chi connectivity index (χ0) is 13.0. The fourth-order valence-corrected chi connectivity index (χ4v) is 2.30. The molecule has 1 unspecified atom stereocenters.